The Morgan fingerprint density at radius 2 is 1.86 bits per heavy atom. The van der Waals surface area contributed by atoms with Crippen LogP contribution in [0, 0.1) is 0 Å². The van der Waals surface area contributed by atoms with Gasteiger partial charge in [-0.25, -0.2) is 0 Å². The van der Waals surface area contributed by atoms with E-state index < -0.39 is 0 Å². The molecule has 108 valence electrons. The van der Waals surface area contributed by atoms with Gasteiger partial charge in [0.2, 0.25) is 0 Å². The fourth-order valence-corrected chi connectivity index (χ4v) is 2.70. The molecule has 3 aromatic rings. The number of nitrogens with zero attached hydrogens (tertiary/aromatic N) is 1. The third-order valence-electron chi connectivity index (χ3n) is 3.76. The van der Waals surface area contributed by atoms with Gasteiger partial charge in [0.05, 0.1) is 5.69 Å². The molecule has 1 heterocycles. The summed E-state index contributed by atoms with van der Waals surface area (Å²) in [5.74, 6) is 0.106. The molecule has 1 aromatic heterocycles. The first-order valence-corrected chi connectivity index (χ1v) is 7.37. The van der Waals surface area contributed by atoms with Crippen molar-refractivity contribution in [2.75, 3.05) is 0 Å². The van der Waals surface area contributed by atoms with Gasteiger partial charge in [0.25, 0.3) is 0 Å². The van der Waals surface area contributed by atoms with E-state index in [4.69, 9.17) is 21.9 Å². The number of para-hydroxylation sites is 1. The lowest BCUT2D eigenvalue weighted by molar-refractivity contribution is 0.425. The van der Waals surface area contributed by atoms with Gasteiger partial charge in [-0.15, -0.1) is 0 Å². The van der Waals surface area contributed by atoms with E-state index in [0.29, 0.717) is 0 Å². The normalized spacial score (nSPS) is 14.2. The minimum Gasteiger partial charge on any atom is -0.356 e. The van der Waals surface area contributed by atoms with E-state index in [-0.39, 0.29) is 12.0 Å². The Balaban J connectivity index is 1.96. The topological polar surface area (TPSA) is 52.0 Å². The Kier molecular flexibility index (Phi) is 3.95. The van der Waals surface area contributed by atoms with Gasteiger partial charge in [-0.1, -0.05) is 41.0 Å². The van der Waals surface area contributed by atoms with Gasteiger partial charge >= 0.3 is 0 Å². The van der Waals surface area contributed by atoms with Crippen LogP contribution >= 0.6 is 11.6 Å². The molecule has 0 spiro atoms. The molecule has 0 bridgehead atoms. The zero-order valence-electron chi connectivity index (χ0n) is 11.8. The van der Waals surface area contributed by atoms with Crippen molar-refractivity contribution in [1.82, 2.24) is 5.16 Å². The highest BCUT2D eigenvalue weighted by Crippen LogP contribution is 2.29. The van der Waals surface area contributed by atoms with Gasteiger partial charge in [-0.2, -0.15) is 0 Å². The van der Waals surface area contributed by atoms with Crippen LogP contribution in [0.15, 0.2) is 53.1 Å². The molecule has 4 heteroatoms. The maximum absolute atomic E-state index is 6.19. The monoisotopic (exact) mass is 300 g/mol. The number of fused-ring (bicyclic) bond motifs is 1. The molecule has 2 atom stereocenters. The van der Waals surface area contributed by atoms with Crippen molar-refractivity contribution < 1.29 is 4.52 Å². The van der Waals surface area contributed by atoms with Crippen LogP contribution in [-0.2, 0) is 6.42 Å². The summed E-state index contributed by atoms with van der Waals surface area (Å²) < 4.78 is 5.41. The molecule has 0 aliphatic rings. The summed E-state index contributed by atoms with van der Waals surface area (Å²) in [6.45, 7) is 2.00. The van der Waals surface area contributed by atoms with E-state index in [1.165, 1.54) is 5.56 Å². The Morgan fingerprint density at radius 1 is 1.14 bits per heavy atom. The summed E-state index contributed by atoms with van der Waals surface area (Å²) in [7, 11) is 0. The quantitative estimate of drug-likeness (QED) is 0.787. The summed E-state index contributed by atoms with van der Waals surface area (Å²) in [4.78, 5) is 0. The van der Waals surface area contributed by atoms with E-state index in [2.05, 4.69) is 5.16 Å². The highest BCUT2D eigenvalue weighted by molar-refractivity contribution is 6.30. The van der Waals surface area contributed by atoms with Crippen molar-refractivity contribution in [3.63, 3.8) is 0 Å². The predicted molar refractivity (Wildman–Crippen MR) is 85.6 cm³/mol. The highest BCUT2D eigenvalue weighted by Gasteiger charge is 2.23. The Bertz CT molecular complexity index is 734. The second-order valence-corrected chi connectivity index (χ2v) is 5.80. The summed E-state index contributed by atoms with van der Waals surface area (Å²) in [6.07, 6.45) is 0.811. The lowest BCUT2D eigenvalue weighted by Crippen LogP contribution is -2.26. The smallest absolute Gasteiger partial charge is 0.167 e. The standard InChI is InChI=1S/C17H17ClN2O/c1-11(19)15(10-12-6-8-13(18)9-7-12)17-14-4-2-3-5-16(14)21-20-17/h2-9,11,15H,10,19H2,1H3. The largest absolute Gasteiger partial charge is 0.356 e. The number of aromatic nitrogens is 1. The average molecular weight is 301 g/mol. The van der Waals surface area contributed by atoms with Crippen molar-refractivity contribution in [1.29, 1.82) is 0 Å². The minimum absolute atomic E-state index is 0.0193. The molecule has 0 saturated carbocycles. The van der Waals surface area contributed by atoms with Crippen molar-refractivity contribution >= 4 is 22.6 Å². The fourth-order valence-electron chi connectivity index (χ4n) is 2.58. The van der Waals surface area contributed by atoms with E-state index in [1.54, 1.807) is 0 Å². The molecular formula is C17H17ClN2O. The van der Waals surface area contributed by atoms with Crippen LogP contribution in [0.25, 0.3) is 11.0 Å². The molecule has 3 rings (SSSR count). The second-order valence-electron chi connectivity index (χ2n) is 5.36. The zero-order valence-corrected chi connectivity index (χ0v) is 12.5. The minimum atomic E-state index is -0.0193. The molecule has 0 aliphatic heterocycles. The van der Waals surface area contributed by atoms with Crippen LogP contribution in [0.4, 0.5) is 0 Å². The van der Waals surface area contributed by atoms with Crippen molar-refractivity contribution in [2.24, 2.45) is 5.73 Å². The summed E-state index contributed by atoms with van der Waals surface area (Å²) in [5.41, 5.74) is 9.10. The fraction of sp³-hybridized carbons (Fsp3) is 0.235. The molecule has 2 unspecified atom stereocenters. The van der Waals surface area contributed by atoms with Crippen LogP contribution in [0.5, 0.6) is 0 Å². The number of nitrogens with two attached hydrogens (primary N) is 1. The Morgan fingerprint density at radius 3 is 2.57 bits per heavy atom. The van der Waals surface area contributed by atoms with Crippen LogP contribution in [0.1, 0.15) is 24.1 Å². The van der Waals surface area contributed by atoms with Crippen molar-refractivity contribution in [2.45, 2.75) is 25.3 Å². The molecule has 0 fully saturated rings. The molecule has 21 heavy (non-hydrogen) atoms. The molecule has 2 N–H and O–H groups in total. The summed E-state index contributed by atoms with van der Waals surface area (Å²) in [5, 5.41) is 6.02. The summed E-state index contributed by atoms with van der Waals surface area (Å²) >= 11 is 5.94. The number of hydrogen-bond donors (Lipinski definition) is 1. The Labute approximate surface area is 128 Å². The number of benzene rings is 2. The molecule has 3 nitrogen and oxygen atoms in total. The van der Waals surface area contributed by atoms with Crippen LogP contribution in [-0.4, -0.2) is 11.2 Å². The van der Waals surface area contributed by atoms with E-state index in [1.807, 2.05) is 55.5 Å². The number of rotatable bonds is 4. The van der Waals surface area contributed by atoms with Gasteiger partial charge in [0.15, 0.2) is 5.58 Å². The first-order valence-electron chi connectivity index (χ1n) is 6.99. The molecule has 0 aliphatic carbocycles. The molecule has 0 saturated heterocycles. The van der Waals surface area contributed by atoms with Crippen molar-refractivity contribution in [3.05, 3.63) is 64.8 Å². The van der Waals surface area contributed by atoms with Gasteiger partial charge in [-0.05, 0) is 43.2 Å². The summed E-state index contributed by atoms with van der Waals surface area (Å²) in [6, 6.07) is 15.7. The van der Waals surface area contributed by atoms with Gasteiger partial charge in [0.1, 0.15) is 0 Å². The first-order chi connectivity index (χ1) is 10.1. The molecule has 0 amide bonds. The van der Waals surface area contributed by atoms with Gasteiger partial charge in [0, 0.05) is 22.4 Å². The zero-order chi connectivity index (χ0) is 14.8. The van der Waals surface area contributed by atoms with Crippen LogP contribution in [0.2, 0.25) is 5.02 Å². The lowest BCUT2D eigenvalue weighted by Gasteiger charge is -2.19. The third-order valence-corrected chi connectivity index (χ3v) is 4.01. The highest BCUT2D eigenvalue weighted by atomic mass is 35.5. The number of halogens is 1. The average Bonchev–Trinajstić information content (AvgIpc) is 2.90. The maximum Gasteiger partial charge on any atom is 0.167 e. The predicted octanol–water partition coefficient (Wildman–Crippen LogP) is 4.15. The van der Waals surface area contributed by atoms with Crippen molar-refractivity contribution in [3.8, 4) is 0 Å². The Hall–Kier alpha value is -1.84. The van der Waals surface area contributed by atoms with Gasteiger partial charge in [-0.3, -0.25) is 0 Å². The molecule has 0 radical (unpaired) electrons. The number of hydrogen-bond acceptors (Lipinski definition) is 3. The lowest BCUT2D eigenvalue weighted by atomic mass is 9.89. The maximum atomic E-state index is 6.19. The first kappa shape index (κ1) is 14.1. The second kappa shape index (κ2) is 5.88. The van der Waals surface area contributed by atoms with E-state index >= 15 is 0 Å². The SMILES string of the molecule is CC(N)C(Cc1ccc(Cl)cc1)c1noc2ccccc12. The van der Waals surface area contributed by atoms with E-state index in [9.17, 15) is 0 Å². The van der Waals surface area contributed by atoms with Gasteiger partial charge < -0.3 is 10.3 Å². The van der Waals surface area contributed by atoms with E-state index in [0.717, 1.165) is 28.1 Å². The van der Waals surface area contributed by atoms with Crippen LogP contribution in [0.3, 0.4) is 0 Å². The van der Waals surface area contributed by atoms with Crippen LogP contribution < -0.4 is 5.73 Å². The third kappa shape index (κ3) is 2.94. The molecule has 2 aromatic carbocycles. The molecular weight excluding hydrogens is 284 g/mol.